The number of nitro benzene ring substituents is 1. The normalized spacial score (nSPS) is 10.7. The van der Waals surface area contributed by atoms with E-state index in [9.17, 15) is 10.1 Å². The fraction of sp³-hybridized carbons (Fsp3) is 0.500. The molecule has 0 aliphatic rings. The van der Waals surface area contributed by atoms with Crippen molar-refractivity contribution in [1.29, 1.82) is 0 Å². The van der Waals surface area contributed by atoms with Crippen LogP contribution in [0.2, 0.25) is 0 Å². The van der Waals surface area contributed by atoms with Crippen LogP contribution in [0.3, 0.4) is 0 Å². The van der Waals surface area contributed by atoms with Gasteiger partial charge in [0.15, 0.2) is 5.96 Å². The third kappa shape index (κ3) is 8.13. The number of guanidine groups is 1. The minimum atomic E-state index is -0.407. The molecule has 8 heteroatoms. The Kier molecular flexibility index (Phi) is 11.4. The van der Waals surface area contributed by atoms with E-state index in [1.54, 1.807) is 19.2 Å². The van der Waals surface area contributed by atoms with Crippen molar-refractivity contribution in [3.05, 3.63) is 39.9 Å². The van der Waals surface area contributed by atoms with Crippen molar-refractivity contribution >= 4 is 35.6 Å². The van der Waals surface area contributed by atoms with Gasteiger partial charge in [-0.05, 0) is 18.9 Å². The number of halogens is 1. The van der Waals surface area contributed by atoms with Crippen LogP contribution in [0, 0.1) is 10.1 Å². The second-order valence-corrected chi connectivity index (χ2v) is 4.33. The second-order valence-electron chi connectivity index (χ2n) is 4.33. The number of non-ortho nitro benzene ring substituents is 1. The molecule has 1 aromatic rings. The van der Waals surface area contributed by atoms with Gasteiger partial charge in [0.2, 0.25) is 0 Å². The average Bonchev–Trinajstić information content (AvgIpc) is 2.50. The van der Waals surface area contributed by atoms with E-state index in [1.807, 2.05) is 6.92 Å². The Morgan fingerprint density at radius 3 is 2.55 bits per heavy atom. The predicted molar refractivity (Wildman–Crippen MR) is 97.8 cm³/mol. The molecule has 0 unspecified atom stereocenters. The van der Waals surface area contributed by atoms with Crippen molar-refractivity contribution in [2.45, 2.75) is 19.9 Å². The van der Waals surface area contributed by atoms with Crippen LogP contribution in [0.15, 0.2) is 29.3 Å². The number of nitrogens with zero attached hydrogens (tertiary/aromatic N) is 2. The van der Waals surface area contributed by atoms with E-state index in [2.05, 4.69) is 15.6 Å². The minimum absolute atomic E-state index is 0. The largest absolute Gasteiger partial charge is 0.382 e. The molecule has 7 nitrogen and oxygen atoms in total. The highest BCUT2D eigenvalue weighted by atomic mass is 127. The summed E-state index contributed by atoms with van der Waals surface area (Å²) in [6.45, 7) is 4.76. The highest BCUT2D eigenvalue weighted by Crippen LogP contribution is 2.11. The number of benzene rings is 1. The maximum absolute atomic E-state index is 10.6. The molecular weight excluding hydrogens is 399 g/mol. The summed E-state index contributed by atoms with van der Waals surface area (Å²) in [6, 6.07) is 6.45. The quantitative estimate of drug-likeness (QED) is 0.168. The Labute approximate surface area is 147 Å². The van der Waals surface area contributed by atoms with Gasteiger partial charge in [-0.25, -0.2) is 0 Å². The number of nitro groups is 1. The summed E-state index contributed by atoms with van der Waals surface area (Å²) in [4.78, 5) is 14.3. The lowest BCUT2D eigenvalue weighted by Gasteiger charge is -2.11. The zero-order valence-corrected chi connectivity index (χ0v) is 15.2. The van der Waals surface area contributed by atoms with Gasteiger partial charge < -0.3 is 15.4 Å². The highest BCUT2D eigenvalue weighted by Gasteiger charge is 2.04. The molecule has 0 atom stereocenters. The van der Waals surface area contributed by atoms with Crippen molar-refractivity contribution in [1.82, 2.24) is 10.6 Å². The summed E-state index contributed by atoms with van der Waals surface area (Å²) >= 11 is 0. The smallest absolute Gasteiger partial charge is 0.269 e. The van der Waals surface area contributed by atoms with Crippen LogP contribution in [0.4, 0.5) is 5.69 Å². The SMILES string of the molecule is CCOCCCNC(=NC)NCc1ccc([N+](=O)[O-])cc1.I. The monoisotopic (exact) mass is 422 g/mol. The molecule has 2 N–H and O–H groups in total. The van der Waals surface area contributed by atoms with E-state index < -0.39 is 4.92 Å². The van der Waals surface area contributed by atoms with E-state index in [1.165, 1.54) is 12.1 Å². The van der Waals surface area contributed by atoms with Gasteiger partial charge in [-0.3, -0.25) is 15.1 Å². The molecule has 0 aliphatic heterocycles. The Morgan fingerprint density at radius 1 is 1.32 bits per heavy atom. The van der Waals surface area contributed by atoms with Crippen LogP contribution in [-0.4, -0.2) is 37.7 Å². The van der Waals surface area contributed by atoms with Crippen LogP contribution < -0.4 is 10.6 Å². The first kappa shape index (κ1) is 20.6. The zero-order valence-electron chi connectivity index (χ0n) is 12.9. The molecule has 0 aromatic heterocycles. The number of nitrogens with one attached hydrogen (secondary N) is 2. The topological polar surface area (TPSA) is 88.8 Å². The summed E-state index contributed by atoms with van der Waals surface area (Å²) in [5.41, 5.74) is 1.05. The molecule has 1 aromatic carbocycles. The molecule has 124 valence electrons. The molecule has 1 rings (SSSR count). The van der Waals surface area contributed by atoms with Crippen LogP contribution in [0.25, 0.3) is 0 Å². The lowest BCUT2D eigenvalue weighted by atomic mass is 10.2. The molecule has 0 radical (unpaired) electrons. The predicted octanol–water partition coefficient (Wildman–Crippen LogP) is 2.30. The Bertz CT molecular complexity index is 466. The molecule has 0 amide bonds. The van der Waals surface area contributed by atoms with Crippen molar-refractivity contribution in [3.63, 3.8) is 0 Å². The molecule has 0 heterocycles. The van der Waals surface area contributed by atoms with Gasteiger partial charge in [0.1, 0.15) is 0 Å². The van der Waals surface area contributed by atoms with Crippen LogP contribution in [-0.2, 0) is 11.3 Å². The lowest BCUT2D eigenvalue weighted by molar-refractivity contribution is -0.384. The summed E-state index contributed by atoms with van der Waals surface area (Å²) in [5.74, 6) is 0.699. The third-order valence-corrected chi connectivity index (χ3v) is 2.79. The number of hydrogen-bond acceptors (Lipinski definition) is 4. The summed E-state index contributed by atoms with van der Waals surface area (Å²) in [7, 11) is 1.70. The van der Waals surface area contributed by atoms with Crippen LogP contribution in [0.1, 0.15) is 18.9 Å². The van der Waals surface area contributed by atoms with E-state index >= 15 is 0 Å². The molecule has 0 aliphatic carbocycles. The van der Waals surface area contributed by atoms with Crippen LogP contribution >= 0.6 is 24.0 Å². The van der Waals surface area contributed by atoms with Gasteiger partial charge in [-0.1, -0.05) is 12.1 Å². The number of ether oxygens (including phenoxy) is 1. The van der Waals surface area contributed by atoms with Gasteiger partial charge in [0.05, 0.1) is 4.92 Å². The molecule has 0 saturated carbocycles. The average molecular weight is 422 g/mol. The fourth-order valence-electron chi connectivity index (χ4n) is 1.67. The zero-order chi connectivity index (χ0) is 15.5. The summed E-state index contributed by atoms with van der Waals surface area (Å²) < 4.78 is 5.25. The Hall–Kier alpha value is -1.42. The molecule has 0 bridgehead atoms. The fourth-order valence-corrected chi connectivity index (χ4v) is 1.67. The van der Waals surface area contributed by atoms with Gasteiger partial charge in [-0.15, -0.1) is 24.0 Å². The molecule has 22 heavy (non-hydrogen) atoms. The van der Waals surface area contributed by atoms with Gasteiger partial charge in [-0.2, -0.15) is 0 Å². The van der Waals surface area contributed by atoms with Crippen molar-refractivity contribution in [2.24, 2.45) is 4.99 Å². The molecule has 0 saturated heterocycles. The first-order valence-corrected chi connectivity index (χ1v) is 6.93. The van der Waals surface area contributed by atoms with Crippen molar-refractivity contribution in [3.8, 4) is 0 Å². The standard InChI is InChI=1S/C14H22N4O3.HI/c1-3-21-10-4-9-16-14(15-2)17-11-12-5-7-13(8-6-12)18(19)20;/h5-8H,3-4,9-11H2,1-2H3,(H2,15,16,17);1H. The summed E-state index contributed by atoms with van der Waals surface area (Å²) in [5, 5.41) is 16.9. The van der Waals surface area contributed by atoms with Crippen LogP contribution in [0.5, 0.6) is 0 Å². The van der Waals surface area contributed by atoms with Gasteiger partial charge in [0, 0.05) is 45.5 Å². The Balaban J connectivity index is 0.00000441. The second kappa shape index (κ2) is 12.2. The first-order chi connectivity index (χ1) is 10.2. The van der Waals surface area contributed by atoms with Crippen molar-refractivity contribution < 1.29 is 9.66 Å². The summed E-state index contributed by atoms with van der Waals surface area (Å²) in [6.07, 6.45) is 0.909. The minimum Gasteiger partial charge on any atom is -0.382 e. The molecular formula is C14H23IN4O3. The third-order valence-electron chi connectivity index (χ3n) is 2.79. The molecule has 0 fully saturated rings. The number of aliphatic imine (C=N–C) groups is 1. The Morgan fingerprint density at radius 2 is 2.00 bits per heavy atom. The van der Waals surface area contributed by atoms with E-state index in [4.69, 9.17) is 4.74 Å². The van der Waals surface area contributed by atoms with Crippen molar-refractivity contribution in [2.75, 3.05) is 26.8 Å². The van der Waals surface area contributed by atoms with E-state index in [0.29, 0.717) is 12.5 Å². The van der Waals surface area contributed by atoms with Gasteiger partial charge >= 0.3 is 0 Å². The highest BCUT2D eigenvalue weighted by molar-refractivity contribution is 14.0. The number of hydrogen-bond donors (Lipinski definition) is 2. The first-order valence-electron chi connectivity index (χ1n) is 6.93. The molecule has 0 spiro atoms. The van der Waals surface area contributed by atoms with E-state index in [-0.39, 0.29) is 29.7 Å². The van der Waals surface area contributed by atoms with E-state index in [0.717, 1.165) is 31.7 Å². The maximum Gasteiger partial charge on any atom is 0.269 e. The number of rotatable bonds is 8. The maximum atomic E-state index is 10.6. The lowest BCUT2D eigenvalue weighted by Crippen LogP contribution is -2.37. The van der Waals surface area contributed by atoms with Gasteiger partial charge in [0.25, 0.3) is 5.69 Å².